The van der Waals surface area contributed by atoms with Crippen molar-refractivity contribution in [1.82, 2.24) is 0 Å². The van der Waals surface area contributed by atoms with E-state index in [4.69, 9.17) is 37.3 Å². The highest BCUT2D eigenvalue weighted by Gasteiger charge is 2.39. The van der Waals surface area contributed by atoms with Crippen molar-refractivity contribution in [2.45, 2.75) is 70.1 Å². The smallest absolute Gasteiger partial charge is 0.190 e. The van der Waals surface area contributed by atoms with Crippen LogP contribution >= 0.6 is 34.8 Å². The fourth-order valence-corrected chi connectivity index (χ4v) is 11.3. The molecule has 0 heterocycles. The van der Waals surface area contributed by atoms with Crippen molar-refractivity contribution in [3.63, 3.8) is 0 Å². The van der Waals surface area contributed by atoms with Crippen LogP contribution in [0.15, 0.2) is 65.6 Å². The minimum absolute atomic E-state index is 0.0193. The molecular weight excluding hydrogens is 650 g/mol. The van der Waals surface area contributed by atoms with Crippen LogP contribution < -0.4 is 20.2 Å². The van der Waals surface area contributed by atoms with Gasteiger partial charge < -0.3 is 0 Å². The summed E-state index contributed by atoms with van der Waals surface area (Å²) in [7, 11) is -4.22. The van der Waals surface area contributed by atoms with Gasteiger partial charge in [0.25, 0.3) is 0 Å². The van der Waals surface area contributed by atoms with Crippen LogP contribution in [0.3, 0.4) is 0 Å². The van der Waals surface area contributed by atoms with Gasteiger partial charge in [-0.05, 0) is 73.7 Å². The zero-order valence-electron chi connectivity index (χ0n) is 21.3. The molecule has 0 aliphatic carbocycles. The zero-order valence-corrected chi connectivity index (χ0v) is 26.6. The molecule has 1 radical (unpaired) electrons. The van der Waals surface area contributed by atoms with Gasteiger partial charge in [-0.3, -0.25) is 0 Å². The lowest BCUT2D eigenvalue weighted by Gasteiger charge is -2.23. The molecule has 0 bridgehead atoms. The molecule has 0 N–H and O–H groups in total. The van der Waals surface area contributed by atoms with Crippen LogP contribution in [-0.4, -0.2) is 8.42 Å². The predicted octanol–water partition coefficient (Wildman–Crippen LogP) is 6.01. The van der Waals surface area contributed by atoms with E-state index in [1.807, 2.05) is 24.3 Å². The van der Waals surface area contributed by atoms with E-state index < -0.39 is 30.4 Å². The minimum atomic E-state index is -4.22. The molecule has 0 spiro atoms. The summed E-state index contributed by atoms with van der Waals surface area (Å²) >= 11 is 15.5. The summed E-state index contributed by atoms with van der Waals surface area (Å²) in [5, 5.41) is 0.250. The Morgan fingerprint density at radius 1 is 0.694 bits per heavy atom. The Hall–Kier alpha value is -0.830. The van der Waals surface area contributed by atoms with E-state index in [1.54, 1.807) is 0 Å². The molecule has 3 aromatic rings. The fraction of sp³-hybridized carbons (Fsp3) is 0.357. The molecule has 0 saturated heterocycles. The molecule has 36 heavy (non-hydrogen) atoms. The average molecular weight is 682 g/mol. The molecule has 0 unspecified atom stereocenters. The van der Waals surface area contributed by atoms with Crippen molar-refractivity contribution in [1.29, 1.82) is 0 Å². The largest absolute Gasteiger partial charge is 0.337 e. The van der Waals surface area contributed by atoms with Crippen LogP contribution in [-0.2, 0) is 23.5 Å². The number of benzene rings is 3. The maximum absolute atomic E-state index is 13.4. The zero-order chi connectivity index (χ0) is 26.9. The van der Waals surface area contributed by atoms with Crippen molar-refractivity contribution in [2.75, 3.05) is 0 Å². The minimum Gasteiger partial charge on any atom is -0.190 e. The third-order valence-corrected chi connectivity index (χ3v) is 15.3. The van der Waals surface area contributed by atoms with Gasteiger partial charge in [-0.2, -0.15) is 8.42 Å². The lowest BCUT2D eigenvalue weighted by Crippen LogP contribution is -3.85. The summed E-state index contributed by atoms with van der Waals surface area (Å²) in [4.78, 5) is -0.187. The summed E-state index contributed by atoms with van der Waals surface area (Å²) in [6.45, 7) is 13.1. The molecule has 0 aliphatic rings. The number of halogens is 4. The van der Waals surface area contributed by atoms with Crippen LogP contribution in [0.4, 0.5) is 0 Å². The summed E-state index contributed by atoms with van der Waals surface area (Å²) in [6.07, 6.45) is 1.98. The van der Waals surface area contributed by atoms with Crippen LogP contribution in [0.2, 0.25) is 15.1 Å². The first-order chi connectivity index (χ1) is 16.7. The van der Waals surface area contributed by atoms with Crippen molar-refractivity contribution in [3.8, 4) is 0 Å². The molecule has 0 fully saturated rings. The first-order valence-corrected chi connectivity index (χ1v) is 17.3. The van der Waals surface area contributed by atoms with Gasteiger partial charge in [-0.1, -0.05) is 101 Å². The summed E-state index contributed by atoms with van der Waals surface area (Å²) in [5.74, 6) is 0. The van der Waals surface area contributed by atoms with E-state index in [2.05, 4.69) is 65.8 Å². The second-order valence-electron chi connectivity index (χ2n) is 9.95. The Labute approximate surface area is 238 Å². The Morgan fingerprint density at radius 2 is 1.08 bits per heavy atom. The van der Waals surface area contributed by atoms with Gasteiger partial charge >= 0.3 is 30.4 Å². The van der Waals surface area contributed by atoms with Crippen LogP contribution in [0, 0.1) is 7.14 Å². The highest BCUT2D eigenvalue weighted by Crippen LogP contribution is 2.32. The van der Waals surface area contributed by atoms with Gasteiger partial charge in [-0.15, -0.1) is 0 Å². The molecular formula is C28H32Cl3IO3S+. The molecule has 3 rings (SSSR count). The average Bonchev–Trinajstić information content (AvgIpc) is 2.85. The molecule has 3 nitrogen and oxygen atoms in total. The quantitative estimate of drug-likeness (QED) is 0.206. The first kappa shape index (κ1) is 29.7. The van der Waals surface area contributed by atoms with Gasteiger partial charge in [0.2, 0.25) is 0 Å². The topological polar surface area (TPSA) is 43.4 Å². The molecule has 0 aliphatic heterocycles. The van der Waals surface area contributed by atoms with E-state index in [1.165, 1.54) is 23.3 Å². The lowest BCUT2D eigenvalue weighted by atomic mass is 9.82. The van der Waals surface area contributed by atoms with E-state index in [0.29, 0.717) is 0 Å². The summed E-state index contributed by atoms with van der Waals surface area (Å²) < 4.78 is 34.7. The second kappa shape index (κ2) is 11.5. The van der Waals surface area contributed by atoms with Gasteiger partial charge in [0.1, 0.15) is 4.90 Å². The lowest BCUT2D eigenvalue weighted by molar-refractivity contribution is -1.03. The highest BCUT2D eigenvalue weighted by atomic mass is 127. The molecule has 8 heteroatoms. The molecule has 0 saturated carbocycles. The Bertz CT molecular complexity index is 1260. The SMILES string of the molecule is CCC(C)(C)c1ccc([I+](OS(=O)(=O)c2cc(Cl)c(Cl)cc2Cl)c2ccc(C(C)(C)CC)cc2)cc1. The second-order valence-corrected chi connectivity index (χ2v) is 17.6. The molecule has 0 amide bonds. The Balaban J connectivity index is 2.09. The van der Waals surface area contributed by atoms with Crippen molar-refractivity contribution in [2.24, 2.45) is 0 Å². The monoisotopic (exact) mass is 680 g/mol. The fourth-order valence-electron chi connectivity index (χ4n) is 3.45. The van der Waals surface area contributed by atoms with Crippen LogP contribution in [0.1, 0.15) is 65.5 Å². The van der Waals surface area contributed by atoms with Crippen LogP contribution in [0.5, 0.6) is 0 Å². The number of hydrogen-bond acceptors (Lipinski definition) is 3. The van der Waals surface area contributed by atoms with Crippen molar-refractivity contribution in [3.05, 3.63) is 94.0 Å². The van der Waals surface area contributed by atoms with E-state index in [0.717, 1.165) is 20.0 Å². The summed E-state index contributed by atoms with van der Waals surface area (Å²) in [5.41, 5.74) is 2.43. The van der Waals surface area contributed by atoms with Gasteiger partial charge in [0.15, 0.2) is 7.14 Å². The maximum Gasteiger partial charge on any atom is 0.337 e. The normalized spacial score (nSPS) is 12.8. The third-order valence-electron chi connectivity index (χ3n) is 6.81. The van der Waals surface area contributed by atoms with Gasteiger partial charge in [0, 0.05) is 0 Å². The van der Waals surface area contributed by atoms with E-state index in [-0.39, 0.29) is 30.8 Å². The Kier molecular flexibility index (Phi) is 9.50. The number of rotatable bonds is 9. The number of hydrogen-bond donors (Lipinski definition) is 0. The molecule has 0 aromatic heterocycles. The van der Waals surface area contributed by atoms with Gasteiger partial charge in [-0.25, -0.2) is 0 Å². The highest BCUT2D eigenvalue weighted by molar-refractivity contribution is 7.86. The van der Waals surface area contributed by atoms with E-state index >= 15 is 0 Å². The van der Waals surface area contributed by atoms with Crippen molar-refractivity contribution >= 4 is 44.9 Å². The predicted molar refractivity (Wildman–Crippen MR) is 147 cm³/mol. The standard InChI is InChI=1S/C28H32Cl3IO3S/c1-7-27(3,4)19-9-13-21(14-10-19)32(22-15-11-20(12-16-22)28(5,6)8-2)35-36(33,34)26-18-24(30)23(29)17-25(26)31/h9-18H,7-8H2,1-6H3/q+1. The van der Waals surface area contributed by atoms with E-state index in [9.17, 15) is 8.42 Å². The molecule has 195 valence electrons. The van der Waals surface area contributed by atoms with Crippen molar-refractivity contribution < 1.29 is 31.2 Å². The van der Waals surface area contributed by atoms with Crippen LogP contribution in [0.25, 0.3) is 0 Å². The summed E-state index contributed by atoms with van der Waals surface area (Å²) in [6, 6.07) is 18.8. The molecule has 0 atom stereocenters. The Morgan fingerprint density at radius 3 is 1.47 bits per heavy atom. The third kappa shape index (κ3) is 6.59. The maximum atomic E-state index is 13.4. The van der Waals surface area contributed by atoms with Gasteiger partial charge in [0.05, 0.1) is 15.1 Å². The molecule has 3 aromatic carbocycles. The first-order valence-electron chi connectivity index (χ1n) is 11.7.